The Morgan fingerprint density at radius 1 is 1.20 bits per heavy atom. The van der Waals surface area contributed by atoms with Crippen LogP contribution in [0.5, 0.6) is 0 Å². The van der Waals surface area contributed by atoms with Gasteiger partial charge in [-0.1, -0.05) is 27.2 Å². The van der Waals surface area contributed by atoms with E-state index < -0.39 is 0 Å². The molecule has 1 fully saturated rings. The van der Waals surface area contributed by atoms with Crippen LogP contribution in [0.3, 0.4) is 0 Å². The van der Waals surface area contributed by atoms with Crippen LogP contribution in [-0.2, 0) is 0 Å². The van der Waals surface area contributed by atoms with Crippen LogP contribution < -0.4 is 5.32 Å². The SMILES string of the molecule is CCN(CC)CCCNCC1CCC1C. The third kappa shape index (κ3) is 4.52. The number of hydrogen-bond acceptors (Lipinski definition) is 2. The summed E-state index contributed by atoms with van der Waals surface area (Å²) in [6.45, 7) is 12.9. The molecule has 1 aliphatic rings. The second-order valence-corrected chi connectivity index (χ2v) is 4.90. The maximum atomic E-state index is 3.59. The van der Waals surface area contributed by atoms with E-state index in [4.69, 9.17) is 0 Å². The van der Waals surface area contributed by atoms with Crippen LogP contribution in [0.1, 0.15) is 40.0 Å². The van der Waals surface area contributed by atoms with Crippen molar-refractivity contribution < 1.29 is 0 Å². The fourth-order valence-corrected chi connectivity index (χ4v) is 2.29. The summed E-state index contributed by atoms with van der Waals surface area (Å²) in [5.74, 6) is 1.94. The summed E-state index contributed by atoms with van der Waals surface area (Å²) in [4.78, 5) is 2.49. The van der Waals surface area contributed by atoms with Crippen LogP contribution in [0, 0.1) is 11.8 Å². The van der Waals surface area contributed by atoms with Gasteiger partial charge in [0.25, 0.3) is 0 Å². The van der Waals surface area contributed by atoms with E-state index >= 15 is 0 Å². The van der Waals surface area contributed by atoms with E-state index in [1.165, 1.54) is 52.0 Å². The molecule has 0 aromatic heterocycles. The van der Waals surface area contributed by atoms with Crippen molar-refractivity contribution in [3.63, 3.8) is 0 Å². The van der Waals surface area contributed by atoms with Gasteiger partial charge in [-0.15, -0.1) is 0 Å². The molecule has 90 valence electrons. The first kappa shape index (κ1) is 13.0. The molecule has 1 N–H and O–H groups in total. The van der Waals surface area contributed by atoms with Gasteiger partial charge in [0, 0.05) is 0 Å². The molecule has 0 saturated heterocycles. The Bertz CT molecular complexity index is 148. The Labute approximate surface area is 95.4 Å². The molecule has 1 aliphatic carbocycles. The summed E-state index contributed by atoms with van der Waals surface area (Å²) >= 11 is 0. The first-order valence-electron chi connectivity index (χ1n) is 6.71. The summed E-state index contributed by atoms with van der Waals surface area (Å²) in [5.41, 5.74) is 0. The molecule has 0 bridgehead atoms. The molecule has 0 amide bonds. The lowest BCUT2D eigenvalue weighted by Crippen LogP contribution is -2.35. The van der Waals surface area contributed by atoms with Crippen LogP contribution in [0.15, 0.2) is 0 Å². The summed E-state index contributed by atoms with van der Waals surface area (Å²) in [6.07, 6.45) is 4.19. The lowest BCUT2D eigenvalue weighted by atomic mass is 9.75. The van der Waals surface area contributed by atoms with Gasteiger partial charge in [0.15, 0.2) is 0 Å². The van der Waals surface area contributed by atoms with Crippen molar-refractivity contribution in [3.8, 4) is 0 Å². The molecule has 2 heteroatoms. The molecular formula is C13H28N2. The number of nitrogens with one attached hydrogen (secondary N) is 1. The fourth-order valence-electron chi connectivity index (χ4n) is 2.29. The lowest BCUT2D eigenvalue weighted by molar-refractivity contribution is 0.190. The van der Waals surface area contributed by atoms with Crippen LogP contribution in [0.25, 0.3) is 0 Å². The second-order valence-electron chi connectivity index (χ2n) is 4.90. The summed E-state index contributed by atoms with van der Waals surface area (Å²) < 4.78 is 0. The second kappa shape index (κ2) is 7.24. The topological polar surface area (TPSA) is 15.3 Å². The maximum absolute atomic E-state index is 3.59. The van der Waals surface area contributed by atoms with Gasteiger partial charge >= 0.3 is 0 Å². The largest absolute Gasteiger partial charge is 0.316 e. The Morgan fingerprint density at radius 3 is 2.40 bits per heavy atom. The minimum atomic E-state index is 0.971. The molecule has 0 spiro atoms. The monoisotopic (exact) mass is 212 g/mol. The van der Waals surface area contributed by atoms with E-state index in [1.54, 1.807) is 0 Å². The van der Waals surface area contributed by atoms with Gasteiger partial charge in [-0.05, 0) is 57.4 Å². The van der Waals surface area contributed by atoms with Gasteiger partial charge in [0.05, 0.1) is 0 Å². The Kier molecular flexibility index (Phi) is 6.26. The lowest BCUT2D eigenvalue weighted by Gasteiger charge is -2.34. The van der Waals surface area contributed by atoms with Crippen molar-refractivity contribution in [1.29, 1.82) is 0 Å². The molecule has 2 nitrogen and oxygen atoms in total. The highest BCUT2D eigenvalue weighted by Gasteiger charge is 2.25. The molecule has 1 rings (SSSR count). The molecule has 0 aliphatic heterocycles. The summed E-state index contributed by atoms with van der Waals surface area (Å²) in [7, 11) is 0. The first-order valence-corrected chi connectivity index (χ1v) is 6.71. The Balaban J connectivity index is 1.88. The van der Waals surface area contributed by atoms with Crippen molar-refractivity contribution in [2.24, 2.45) is 11.8 Å². The highest BCUT2D eigenvalue weighted by Crippen LogP contribution is 2.32. The normalized spacial score (nSPS) is 25.6. The minimum absolute atomic E-state index is 0.971. The van der Waals surface area contributed by atoms with Gasteiger partial charge in [-0.3, -0.25) is 0 Å². The van der Waals surface area contributed by atoms with E-state index in [9.17, 15) is 0 Å². The predicted octanol–water partition coefficient (Wildman–Crippen LogP) is 2.35. The molecule has 0 aromatic carbocycles. The molecule has 2 atom stereocenters. The first-order chi connectivity index (χ1) is 7.27. The van der Waals surface area contributed by atoms with Crippen molar-refractivity contribution in [1.82, 2.24) is 10.2 Å². The zero-order valence-corrected chi connectivity index (χ0v) is 10.8. The fraction of sp³-hybridized carbons (Fsp3) is 1.00. The average molecular weight is 212 g/mol. The van der Waals surface area contributed by atoms with Gasteiger partial charge in [-0.25, -0.2) is 0 Å². The average Bonchev–Trinajstić information content (AvgIpc) is 2.26. The van der Waals surface area contributed by atoms with Crippen LogP contribution in [0.2, 0.25) is 0 Å². The molecule has 15 heavy (non-hydrogen) atoms. The zero-order chi connectivity index (χ0) is 11.1. The van der Waals surface area contributed by atoms with Gasteiger partial charge < -0.3 is 10.2 Å². The standard InChI is InChI=1S/C13H28N2/c1-4-15(5-2)10-6-9-14-11-13-8-7-12(13)3/h12-14H,4-11H2,1-3H3. The van der Waals surface area contributed by atoms with E-state index in [0.29, 0.717) is 0 Å². The van der Waals surface area contributed by atoms with Gasteiger partial charge in [0.1, 0.15) is 0 Å². The van der Waals surface area contributed by atoms with Crippen molar-refractivity contribution in [2.45, 2.75) is 40.0 Å². The van der Waals surface area contributed by atoms with Gasteiger partial charge in [0.2, 0.25) is 0 Å². The van der Waals surface area contributed by atoms with Crippen LogP contribution in [0.4, 0.5) is 0 Å². The van der Waals surface area contributed by atoms with Crippen molar-refractivity contribution >= 4 is 0 Å². The third-order valence-electron chi connectivity index (χ3n) is 3.93. The van der Waals surface area contributed by atoms with Gasteiger partial charge in [-0.2, -0.15) is 0 Å². The Morgan fingerprint density at radius 2 is 1.93 bits per heavy atom. The van der Waals surface area contributed by atoms with Crippen LogP contribution in [-0.4, -0.2) is 37.6 Å². The smallest absolute Gasteiger partial charge is 0.000687 e. The molecule has 0 radical (unpaired) electrons. The molecule has 0 heterocycles. The van der Waals surface area contributed by atoms with Crippen molar-refractivity contribution in [3.05, 3.63) is 0 Å². The summed E-state index contributed by atoms with van der Waals surface area (Å²) in [6, 6.07) is 0. The van der Waals surface area contributed by atoms with Crippen LogP contribution >= 0.6 is 0 Å². The molecule has 2 unspecified atom stereocenters. The maximum Gasteiger partial charge on any atom is -0.000687 e. The summed E-state index contributed by atoms with van der Waals surface area (Å²) in [5, 5.41) is 3.59. The number of rotatable bonds is 8. The van der Waals surface area contributed by atoms with E-state index in [2.05, 4.69) is 31.0 Å². The highest BCUT2D eigenvalue weighted by atomic mass is 15.1. The quantitative estimate of drug-likeness (QED) is 0.621. The number of nitrogens with zero attached hydrogens (tertiary/aromatic N) is 1. The minimum Gasteiger partial charge on any atom is -0.316 e. The van der Waals surface area contributed by atoms with Crippen molar-refractivity contribution in [2.75, 3.05) is 32.7 Å². The third-order valence-corrected chi connectivity index (χ3v) is 3.93. The van der Waals surface area contributed by atoms with E-state index in [-0.39, 0.29) is 0 Å². The molecule has 0 aromatic rings. The Hall–Kier alpha value is -0.0800. The highest BCUT2D eigenvalue weighted by molar-refractivity contribution is 4.78. The number of hydrogen-bond donors (Lipinski definition) is 1. The van der Waals surface area contributed by atoms with E-state index in [0.717, 1.165) is 11.8 Å². The van der Waals surface area contributed by atoms with E-state index in [1.807, 2.05) is 0 Å². The molecular weight excluding hydrogens is 184 g/mol. The predicted molar refractivity (Wildman–Crippen MR) is 67.2 cm³/mol. The zero-order valence-electron chi connectivity index (χ0n) is 10.8. The molecule has 1 saturated carbocycles.